The zero-order valence-electron chi connectivity index (χ0n) is 6.35. The third-order valence-corrected chi connectivity index (χ3v) is 0.1000. The molecule has 0 atom stereocenters. The van der Waals surface area contributed by atoms with Crippen molar-refractivity contribution in [2.24, 2.45) is 0 Å². The lowest BCUT2D eigenvalue weighted by Gasteiger charge is -1.70. The fourth-order valence-electron chi connectivity index (χ4n) is 0. The summed E-state index contributed by atoms with van der Waals surface area (Å²) in [4.78, 5) is 0. The van der Waals surface area contributed by atoms with Crippen LogP contribution in [0.4, 0.5) is 0 Å². The second-order valence-corrected chi connectivity index (χ2v) is 0.794. The molecule has 0 rings (SSSR count). The van der Waals surface area contributed by atoms with Gasteiger partial charge >= 0.3 is 7.32 Å². The monoisotopic (exact) mass is 175 g/mol. The molecule has 74 valence electrons. The van der Waals surface area contributed by atoms with Crippen molar-refractivity contribution in [1.82, 2.24) is 18.5 Å². The highest BCUT2D eigenvalue weighted by Crippen LogP contribution is 1.40. The molecule has 0 aromatic carbocycles. The molecule has 0 amide bonds. The van der Waals surface area contributed by atoms with Crippen LogP contribution in [0.25, 0.3) is 0 Å². The zero-order chi connectivity index (χ0) is 6.99. The predicted octanol–water partition coefficient (Wildman–Crippen LogP) is -2.59. The van der Waals surface area contributed by atoms with Crippen molar-refractivity contribution in [3.05, 3.63) is 0 Å². The van der Waals surface area contributed by atoms with E-state index in [9.17, 15) is 0 Å². The lowest BCUT2D eigenvalue weighted by molar-refractivity contribution is 0.186. The van der Waals surface area contributed by atoms with Crippen LogP contribution in [0, 0.1) is 0 Å². The molecule has 0 radical (unpaired) electrons. The van der Waals surface area contributed by atoms with Gasteiger partial charge in [-0.25, -0.2) is 0 Å². The molecule has 0 unspecified atom stereocenters. The van der Waals surface area contributed by atoms with Crippen LogP contribution >= 0.6 is 0 Å². The first-order valence-electron chi connectivity index (χ1n) is 1.91. The van der Waals surface area contributed by atoms with E-state index in [1.807, 2.05) is 0 Å². The molecule has 14 N–H and O–H groups in total. The summed E-state index contributed by atoms with van der Waals surface area (Å²) in [6.45, 7) is -0.250. The average molecular weight is 175 g/mol. The summed E-state index contributed by atoms with van der Waals surface area (Å²) in [5, 5.41) is 36.8. The molecular formula is C2H18BN3O5. The van der Waals surface area contributed by atoms with E-state index in [-0.39, 0.29) is 31.7 Å². The summed E-state index contributed by atoms with van der Waals surface area (Å²) in [5.74, 6) is 0. The molecule has 0 saturated carbocycles. The number of hydrogen-bond donors (Lipinski definition) is 8. The summed E-state index contributed by atoms with van der Waals surface area (Å²) in [6, 6.07) is 0. The molecule has 0 aliphatic carbocycles. The van der Waals surface area contributed by atoms with Gasteiger partial charge in [-0.15, -0.1) is 0 Å². The molecular weight excluding hydrogens is 157 g/mol. The maximum Gasteiger partial charge on any atom is 0.631 e. The third kappa shape index (κ3) is 1050. The lowest BCUT2D eigenvalue weighted by atomic mass is 10.3. The summed E-state index contributed by atoms with van der Waals surface area (Å²) in [6.07, 6.45) is 0. The van der Waals surface area contributed by atoms with Gasteiger partial charge in [0, 0.05) is 0 Å². The zero-order valence-corrected chi connectivity index (χ0v) is 6.35. The SMILES string of the molecule is N.N.N.OB(O)O.OCCO. The molecule has 0 aromatic heterocycles. The van der Waals surface area contributed by atoms with Crippen molar-refractivity contribution in [2.45, 2.75) is 0 Å². The molecule has 0 fully saturated rings. The van der Waals surface area contributed by atoms with Gasteiger partial charge < -0.3 is 43.7 Å². The van der Waals surface area contributed by atoms with Gasteiger partial charge in [-0.05, 0) is 0 Å². The van der Waals surface area contributed by atoms with Crippen LogP contribution < -0.4 is 18.5 Å². The average Bonchev–Trinajstić information content (AvgIpc) is 1.65. The Balaban J connectivity index is -0.0000000171. The van der Waals surface area contributed by atoms with Gasteiger partial charge in [-0.3, -0.25) is 0 Å². The molecule has 0 aliphatic heterocycles. The molecule has 0 aliphatic rings. The Morgan fingerprint density at radius 3 is 0.818 bits per heavy atom. The fraction of sp³-hybridized carbons (Fsp3) is 1.00. The van der Waals surface area contributed by atoms with Gasteiger partial charge in [0.25, 0.3) is 0 Å². The van der Waals surface area contributed by atoms with Crippen molar-refractivity contribution in [3.8, 4) is 0 Å². The predicted molar refractivity (Wildman–Crippen MR) is 41.6 cm³/mol. The van der Waals surface area contributed by atoms with E-state index in [4.69, 9.17) is 25.3 Å². The van der Waals surface area contributed by atoms with Crippen LogP contribution in [-0.4, -0.2) is 45.8 Å². The van der Waals surface area contributed by atoms with E-state index in [0.717, 1.165) is 0 Å². The molecule has 0 bridgehead atoms. The first-order chi connectivity index (χ1) is 3.65. The minimum Gasteiger partial charge on any atom is -0.402 e. The van der Waals surface area contributed by atoms with E-state index in [1.165, 1.54) is 0 Å². The van der Waals surface area contributed by atoms with Gasteiger partial charge in [-0.2, -0.15) is 0 Å². The Morgan fingerprint density at radius 1 is 0.727 bits per heavy atom. The molecule has 11 heavy (non-hydrogen) atoms. The Labute approximate surface area is 65.4 Å². The quantitative estimate of drug-likeness (QED) is 0.198. The molecule has 0 spiro atoms. The van der Waals surface area contributed by atoms with Gasteiger partial charge in [0.2, 0.25) is 0 Å². The van der Waals surface area contributed by atoms with Gasteiger partial charge in [0.1, 0.15) is 0 Å². The molecule has 0 heterocycles. The first-order valence-corrected chi connectivity index (χ1v) is 1.91. The fourth-order valence-corrected chi connectivity index (χ4v) is 0. The Hall–Kier alpha value is -0.255. The highest BCUT2D eigenvalue weighted by Gasteiger charge is 1.92. The van der Waals surface area contributed by atoms with Gasteiger partial charge in [-0.1, -0.05) is 0 Å². The van der Waals surface area contributed by atoms with Crippen LogP contribution in [0.3, 0.4) is 0 Å². The van der Waals surface area contributed by atoms with Crippen LogP contribution in [0.15, 0.2) is 0 Å². The lowest BCUT2D eigenvalue weighted by Crippen LogP contribution is -2.07. The first kappa shape index (κ1) is 30.9. The Bertz CT molecular complexity index is 36.2. The summed E-state index contributed by atoms with van der Waals surface area (Å²) in [7, 11) is -2.17. The maximum atomic E-state index is 7.62. The number of hydrogen-bond acceptors (Lipinski definition) is 8. The van der Waals surface area contributed by atoms with E-state index < -0.39 is 7.32 Å². The molecule has 9 heteroatoms. The van der Waals surface area contributed by atoms with Crippen LogP contribution in [0.5, 0.6) is 0 Å². The highest BCUT2D eigenvalue weighted by atomic mass is 16.5. The van der Waals surface area contributed by atoms with Crippen molar-refractivity contribution in [1.29, 1.82) is 0 Å². The second-order valence-electron chi connectivity index (χ2n) is 0.794. The van der Waals surface area contributed by atoms with Crippen LogP contribution in [0.1, 0.15) is 0 Å². The number of aliphatic hydroxyl groups is 2. The summed E-state index contributed by atoms with van der Waals surface area (Å²) >= 11 is 0. The van der Waals surface area contributed by atoms with E-state index in [0.29, 0.717) is 0 Å². The van der Waals surface area contributed by atoms with Crippen molar-refractivity contribution in [2.75, 3.05) is 13.2 Å². The topological polar surface area (TPSA) is 206 Å². The number of rotatable bonds is 1. The van der Waals surface area contributed by atoms with Crippen molar-refractivity contribution >= 4 is 7.32 Å². The number of aliphatic hydroxyl groups excluding tert-OH is 2. The van der Waals surface area contributed by atoms with E-state index in [2.05, 4.69) is 0 Å². The van der Waals surface area contributed by atoms with Crippen LogP contribution in [-0.2, 0) is 0 Å². The third-order valence-electron chi connectivity index (χ3n) is 0.1000. The minimum atomic E-state index is -2.17. The largest absolute Gasteiger partial charge is 0.631 e. The molecule has 0 saturated heterocycles. The standard InChI is InChI=1S/C2H6O2.BH3O3.3H3N/c3-1-2-4;2-1(3)4;;;/h3-4H,1-2H2;2-4H;3*1H3. The Kier molecular flexibility index (Phi) is 93.0. The second kappa shape index (κ2) is 33.1. The molecule has 0 aromatic rings. The van der Waals surface area contributed by atoms with E-state index >= 15 is 0 Å². The van der Waals surface area contributed by atoms with Crippen LogP contribution in [0.2, 0.25) is 0 Å². The van der Waals surface area contributed by atoms with Crippen molar-refractivity contribution < 1.29 is 25.3 Å². The van der Waals surface area contributed by atoms with Gasteiger partial charge in [0.05, 0.1) is 13.2 Å². The minimum absolute atomic E-state index is 0. The smallest absolute Gasteiger partial charge is 0.402 e. The maximum absolute atomic E-state index is 7.62. The van der Waals surface area contributed by atoms with Gasteiger partial charge in [0.15, 0.2) is 0 Å². The summed E-state index contributed by atoms with van der Waals surface area (Å²) in [5.41, 5.74) is 0. The Morgan fingerprint density at radius 2 is 0.818 bits per heavy atom. The van der Waals surface area contributed by atoms with E-state index in [1.54, 1.807) is 0 Å². The normalized spacial score (nSPS) is 5.18. The molecule has 8 nitrogen and oxygen atoms in total. The summed E-state index contributed by atoms with van der Waals surface area (Å²) < 4.78 is 0. The van der Waals surface area contributed by atoms with Crippen molar-refractivity contribution in [3.63, 3.8) is 0 Å². The highest BCUT2D eigenvalue weighted by molar-refractivity contribution is 6.30.